The van der Waals surface area contributed by atoms with Crippen molar-refractivity contribution < 1.29 is 27.5 Å². The summed E-state index contributed by atoms with van der Waals surface area (Å²) in [6.07, 6.45) is -3.38. The molecule has 0 fully saturated rings. The Labute approximate surface area is 210 Å². The maximum absolute atomic E-state index is 14.5. The van der Waals surface area contributed by atoms with E-state index in [0.717, 1.165) is 29.7 Å². The highest BCUT2D eigenvalue weighted by Crippen LogP contribution is 2.45. The quantitative estimate of drug-likeness (QED) is 0.384. The number of alkyl halides is 3. The van der Waals surface area contributed by atoms with Crippen LogP contribution in [-0.4, -0.2) is 30.8 Å². The molecular formula is C24H25ClF3N3O3S. The molecule has 0 radical (unpaired) electrons. The average molecular weight is 528 g/mol. The number of esters is 1. The van der Waals surface area contributed by atoms with E-state index >= 15 is 0 Å². The number of amides is 1. The van der Waals surface area contributed by atoms with Crippen LogP contribution in [-0.2, 0) is 22.4 Å². The molecule has 1 heterocycles. The molecule has 1 aliphatic rings. The number of rotatable bonds is 5. The fourth-order valence-electron chi connectivity index (χ4n) is 4.09. The number of fused-ring (bicyclic) bond motifs is 1. The van der Waals surface area contributed by atoms with Crippen molar-refractivity contribution in [3.05, 3.63) is 50.9 Å². The van der Waals surface area contributed by atoms with Crippen molar-refractivity contribution in [2.75, 3.05) is 12.4 Å². The Morgan fingerprint density at radius 1 is 1.20 bits per heavy atom. The molecule has 35 heavy (non-hydrogen) atoms. The summed E-state index contributed by atoms with van der Waals surface area (Å²) in [5.74, 6) is -2.66. The normalized spacial score (nSPS) is 17.5. The Morgan fingerprint density at radius 3 is 2.34 bits per heavy atom. The molecule has 3 rings (SSSR count). The van der Waals surface area contributed by atoms with E-state index in [-0.39, 0.29) is 32.5 Å². The highest BCUT2D eigenvalue weighted by atomic mass is 35.5. The molecule has 2 N–H and O–H groups in total. The van der Waals surface area contributed by atoms with Crippen LogP contribution in [0, 0.1) is 22.7 Å². The molecule has 2 aromatic rings. The van der Waals surface area contributed by atoms with Gasteiger partial charge in [0.05, 0.1) is 12.7 Å². The van der Waals surface area contributed by atoms with Gasteiger partial charge < -0.3 is 15.4 Å². The molecule has 6 nitrogen and oxygen atoms in total. The predicted molar refractivity (Wildman–Crippen MR) is 127 cm³/mol. The van der Waals surface area contributed by atoms with Gasteiger partial charge in [-0.05, 0) is 60.4 Å². The molecule has 0 spiro atoms. The Kier molecular flexibility index (Phi) is 7.44. The van der Waals surface area contributed by atoms with Crippen LogP contribution in [0.1, 0.15) is 53.6 Å². The van der Waals surface area contributed by atoms with Crippen LogP contribution in [0.2, 0.25) is 5.02 Å². The van der Waals surface area contributed by atoms with Crippen molar-refractivity contribution in [2.24, 2.45) is 11.3 Å². The first-order chi connectivity index (χ1) is 16.2. The van der Waals surface area contributed by atoms with E-state index in [4.69, 9.17) is 11.6 Å². The zero-order valence-corrected chi connectivity index (χ0v) is 21.2. The van der Waals surface area contributed by atoms with Crippen LogP contribution in [0.15, 0.2) is 24.3 Å². The number of hydrogen-bond donors (Lipinski definition) is 2. The minimum Gasteiger partial charge on any atom is -0.466 e. The number of nitriles is 1. The third-order valence-electron chi connectivity index (χ3n) is 6.23. The minimum absolute atomic E-state index is 0.0175. The minimum atomic E-state index is -5.31. The smallest absolute Gasteiger partial charge is 0.441 e. The lowest BCUT2D eigenvalue weighted by atomic mass is 9.72. The molecule has 2 atom stereocenters. The summed E-state index contributed by atoms with van der Waals surface area (Å²) in [7, 11) is 0.789. The fraction of sp³-hybridized carbons (Fsp3) is 0.458. The van der Waals surface area contributed by atoms with Gasteiger partial charge in [0.25, 0.3) is 5.91 Å². The number of carbonyl (C=O) groups excluding carboxylic acids is 2. The number of methoxy groups -OCH3 is 1. The van der Waals surface area contributed by atoms with E-state index in [2.05, 4.69) is 30.8 Å². The molecule has 11 heteroatoms. The zero-order valence-electron chi connectivity index (χ0n) is 19.6. The Bertz CT molecular complexity index is 1170. The van der Waals surface area contributed by atoms with Gasteiger partial charge in [0, 0.05) is 15.5 Å². The third-order valence-corrected chi connectivity index (χ3v) is 7.65. The third kappa shape index (κ3) is 5.26. The Hall–Kier alpha value is -2.77. The van der Waals surface area contributed by atoms with E-state index in [1.54, 1.807) is 5.32 Å². The number of nitrogens with one attached hydrogen (secondary N) is 2. The number of carbonyl (C=O) groups is 2. The molecule has 0 bridgehead atoms. The Balaban J connectivity index is 2.07. The summed E-state index contributed by atoms with van der Waals surface area (Å²) in [4.78, 5) is 26.2. The summed E-state index contributed by atoms with van der Waals surface area (Å²) in [6.45, 7) is 6.29. The summed E-state index contributed by atoms with van der Waals surface area (Å²) >= 11 is 6.79. The number of hydrogen-bond acceptors (Lipinski definition) is 6. The molecule has 1 aliphatic carbocycles. The molecule has 1 aromatic heterocycles. The lowest BCUT2D eigenvalue weighted by molar-refractivity contribution is -0.203. The zero-order chi connectivity index (χ0) is 26.2. The largest absolute Gasteiger partial charge is 0.466 e. The molecule has 0 saturated heterocycles. The van der Waals surface area contributed by atoms with Crippen molar-refractivity contribution in [1.29, 1.82) is 5.26 Å². The van der Waals surface area contributed by atoms with Gasteiger partial charge in [-0.2, -0.15) is 18.4 Å². The van der Waals surface area contributed by atoms with Crippen LogP contribution in [0.5, 0.6) is 0 Å². The summed E-state index contributed by atoms with van der Waals surface area (Å²) < 4.78 is 48.0. The molecule has 1 aromatic carbocycles. The highest BCUT2D eigenvalue weighted by molar-refractivity contribution is 7.16. The SMILES string of the molecule is COC(=O)C(NC(=O)c1ccc(Cl)cc1)(Nc1sc2c(c1C#N)CCC(C(C)(C)C)C2)C(F)(F)F. The van der Waals surface area contributed by atoms with Gasteiger partial charge in [0.15, 0.2) is 0 Å². The Morgan fingerprint density at radius 2 is 1.83 bits per heavy atom. The summed E-state index contributed by atoms with van der Waals surface area (Å²) in [5, 5.41) is 13.9. The first kappa shape index (κ1) is 26.8. The number of nitrogens with zero attached hydrogens (tertiary/aromatic N) is 1. The van der Waals surface area contributed by atoms with Crippen LogP contribution in [0.25, 0.3) is 0 Å². The van der Waals surface area contributed by atoms with E-state index in [9.17, 15) is 28.0 Å². The van der Waals surface area contributed by atoms with E-state index < -0.39 is 23.7 Å². The highest BCUT2D eigenvalue weighted by Gasteiger charge is 2.64. The number of benzene rings is 1. The van der Waals surface area contributed by atoms with Crippen LogP contribution < -0.4 is 10.6 Å². The topological polar surface area (TPSA) is 91.2 Å². The fourth-order valence-corrected chi connectivity index (χ4v) is 5.55. The second kappa shape index (κ2) is 9.70. The van der Waals surface area contributed by atoms with E-state index in [1.807, 2.05) is 6.07 Å². The molecule has 0 aliphatic heterocycles. The van der Waals surface area contributed by atoms with Gasteiger partial charge in [-0.15, -0.1) is 11.3 Å². The lowest BCUT2D eigenvalue weighted by Gasteiger charge is -2.34. The second-order valence-corrected chi connectivity index (χ2v) is 11.0. The maximum Gasteiger partial charge on any atom is 0.441 e. The van der Waals surface area contributed by atoms with Crippen molar-refractivity contribution in [3.63, 3.8) is 0 Å². The average Bonchev–Trinajstić information content (AvgIpc) is 3.13. The number of ether oxygens (including phenoxy) is 1. The van der Waals surface area contributed by atoms with E-state index in [0.29, 0.717) is 18.4 Å². The van der Waals surface area contributed by atoms with Gasteiger partial charge in [0.1, 0.15) is 11.1 Å². The monoisotopic (exact) mass is 527 g/mol. The molecule has 2 unspecified atom stereocenters. The number of anilines is 1. The van der Waals surface area contributed by atoms with Gasteiger partial charge in [-0.1, -0.05) is 32.4 Å². The molecule has 1 amide bonds. The van der Waals surface area contributed by atoms with Gasteiger partial charge >= 0.3 is 17.8 Å². The first-order valence-electron chi connectivity index (χ1n) is 10.8. The predicted octanol–water partition coefficient (Wildman–Crippen LogP) is 5.70. The second-order valence-electron chi connectivity index (χ2n) is 9.45. The van der Waals surface area contributed by atoms with Crippen molar-refractivity contribution in [3.8, 4) is 6.07 Å². The first-order valence-corrected chi connectivity index (χ1v) is 12.0. The van der Waals surface area contributed by atoms with Crippen molar-refractivity contribution in [2.45, 2.75) is 51.9 Å². The van der Waals surface area contributed by atoms with Crippen molar-refractivity contribution in [1.82, 2.24) is 5.32 Å². The number of halogens is 4. The van der Waals surface area contributed by atoms with Crippen LogP contribution in [0.3, 0.4) is 0 Å². The molecule has 188 valence electrons. The summed E-state index contributed by atoms with van der Waals surface area (Å²) in [5.41, 5.74) is -3.08. The lowest BCUT2D eigenvalue weighted by Crippen LogP contribution is -2.69. The van der Waals surface area contributed by atoms with Gasteiger partial charge in [0.2, 0.25) is 0 Å². The standard InChI is InChI=1S/C24H25ClF3N3O3S/c1-22(2,3)14-7-10-16-17(12-29)20(35-18(16)11-14)31-23(21(33)34-4,24(26,27)28)30-19(32)13-5-8-15(25)9-6-13/h5-6,8-9,14,31H,7,10-11H2,1-4H3,(H,30,32). The van der Waals surface area contributed by atoms with Crippen LogP contribution >= 0.6 is 22.9 Å². The molecular weight excluding hydrogens is 503 g/mol. The summed E-state index contributed by atoms with van der Waals surface area (Å²) in [6, 6.07) is 7.11. The maximum atomic E-state index is 14.5. The van der Waals surface area contributed by atoms with Crippen molar-refractivity contribution >= 4 is 39.8 Å². The van der Waals surface area contributed by atoms with Crippen LogP contribution in [0.4, 0.5) is 18.2 Å². The van der Waals surface area contributed by atoms with Gasteiger partial charge in [-0.3, -0.25) is 4.79 Å². The van der Waals surface area contributed by atoms with Gasteiger partial charge in [-0.25, -0.2) is 4.79 Å². The number of thiophene rings is 1. The molecule has 0 saturated carbocycles. The van der Waals surface area contributed by atoms with E-state index in [1.165, 1.54) is 24.3 Å².